The lowest BCUT2D eigenvalue weighted by atomic mass is 9.59. The second-order valence-corrected chi connectivity index (χ2v) is 8.06. The van der Waals surface area contributed by atoms with E-state index in [4.69, 9.17) is 9.47 Å². The van der Waals surface area contributed by atoms with Gasteiger partial charge in [-0.1, -0.05) is 48.5 Å². The lowest BCUT2D eigenvalue weighted by Gasteiger charge is -2.45. The zero-order valence-corrected chi connectivity index (χ0v) is 15.9. The molecule has 4 aliphatic rings. The Morgan fingerprint density at radius 1 is 0.862 bits per heavy atom. The van der Waals surface area contributed by atoms with Gasteiger partial charge in [0.15, 0.2) is 11.5 Å². The molecule has 1 atom stereocenters. The standard InChI is InChI=1S/C25H21NO3/c27-25(15-9-10-22-23(12-15)29-14-28-22)26-13-16-11-21-17-5-1-3-7-19(17)24(16)20-8-4-2-6-18(20)21/h1-10,12,16,21,24H,11,13-14H2,(H,26,27). The first-order valence-electron chi connectivity index (χ1n) is 10.1. The average molecular weight is 383 g/mol. The van der Waals surface area contributed by atoms with Gasteiger partial charge in [-0.25, -0.2) is 0 Å². The highest BCUT2D eigenvalue weighted by molar-refractivity contribution is 5.95. The van der Waals surface area contributed by atoms with E-state index < -0.39 is 0 Å². The number of hydrogen-bond donors (Lipinski definition) is 1. The summed E-state index contributed by atoms with van der Waals surface area (Å²) in [6.45, 7) is 0.876. The van der Waals surface area contributed by atoms with Crippen LogP contribution in [0.5, 0.6) is 11.5 Å². The van der Waals surface area contributed by atoms with Crippen molar-refractivity contribution in [2.24, 2.45) is 5.92 Å². The number of rotatable bonds is 3. The highest BCUT2D eigenvalue weighted by atomic mass is 16.7. The smallest absolute Gasteiger partial charge is 0.251 e. The normalized spacial score (nSPS) is 22.7. The van der Waals surface area contributed by atoms with Crippen LogP contribution in [0.3, 0.4) is 0 Å². The minimum Gasteiger partial charge on any atom is -0.454 e. The lowest BCUT2D eigenvalue weighted by Crippen LogP contribution is -2.39. The minimum atomic E-state index is -0.0636. The number of benzene rings is 3. The van der Waals surface area contributed by atoms with Crippen LogP contribution in [0.15, 0.2) is 66.7 Å². The maximum atomic E-state index is 12.8. The van der Waals surface area contributed by atoms with E-state index >= 15 is 0 Å². The Kier molecular flexibility index (Phi) is 3.66. The first-order chi connectivity index (χ1) is 14.3. The number of carbonyl (C=O) groups excluding carboxylic acids is 1. The molecule has 0 spiro atoms. The van der Waals surface area contributed by atoms with Gasteiger partial charge >= 0.3 is 0 Å². The fourth-order valence-electron chi connectivity index (χ4n) is 5.32. The zero-order valence-electron chi connectivity index (χ0n) is 15.9. The summed E-state index contributed by atoms with van der Waals surface area (Å²) in [6, 6.07) is 22.9. The summed E-state index contributed by atoms with van der Waals surface area (Å²) in [7, 11) is 0. The van der Waals surface area contributed by atoms with Crippen molar-refractivity contribution in [3.8, 4) is 11.5 Å². The van der Waals surface area contributed by atoms with Crippen molar-refractivity contribution in [3.63, 3.8) is 0 Å². The van der Waals surface area contributed by atoms with Crippen LogP contribution in [0.1, 0.15) is 50.9 Å². The van der Waals surface area contributed by atoms with Crippen LogP contribution in [0.2, 0.25) is 0 Å². The molecule has 4 nitrogen and oxygen atoms in total. The fraction of sp³-hybridized carbons (Fsp3) is 0.240. The Hall–Kier alpha value is -3.27. The molecule has 7 rings (SSSR count). The van der Waals surface area contributed by atoms with Crippen LogP contribution >= 0.6 is 0 Å². The van der Waals surface area contributed by atoms with Crippen LogP contribution in [0.25, 0.3) is 0 Å². The molecule has 1 heterocycles. The molecule has 29 heavy (non-hydrogen) atoms. The van der Waals surface area contributed by atoms with Crippen LogP contribution in [-0.4, -0.2) is 19.2 Å². The summed E-state index contributed by atoms with van der Waals surface area (Å²) in [6.07, 6.45) is 1.07. The van der Waals surface area contributed by atoms with Crippen LogP contribution in [-0.2, 0) is 0 Å². The molecule has 1 unspecified atom stereocenters. The molecule has 1 N–H and O–H groups in total. The maximum Gasteiger partial charge on any atom is 0.251 e. The van der Waals surface area contributed by atoms with Gasteiger partial charge in [0, 0.05) is 23.9 Å². The van der Waals surface area contributed by atoms with Crippen molar-refractivity contribution < 1.29 is 14.3 Å². The van der Waals surface area contributed by atoms with Crippen molar-refractivity contribution in [1.29, 1.82) is 0 Å². The largest absolute Gasteiger partial charge is 0.454 e. The monoisotopic (exact) mass is 383 g/mol. The fourth-order valence-corrected chi connectivity index (χ4v) is 5.32. The summed E-state index contributed by atoms with van der Waals surface area (Å²) in [5.41, 5.74) is 6.36. The average Bonchev–Trinajstić information content (AvgIpc) is 3.25. The van der Waals surface area contributed by atoms with Gasteiger partial charge in [0.25, 0.3) is 5.91 Å². The van der Waals surface area contributed by atoms with Crippen molar-refractivity contribution in [1.82, 2.24) is 5.32 Å². The number of fused-ring (bicyclic) bond motifs is 2. The van der Waals surface area contributed by atoms with Gasteiger partial charge in [0.1, 0.15) is 0 Å². The van der Waals surface area contributed by atoms with Gasteiger partial charge in [-0.05, 0) is 52.8 Å². The van der Waals surface area contributed by atoms with E-state index in [1.54, 1.807) is 18.2 Å². The second-order valence-electron chi connectivity index (χ2n) is 8.06. The van der Waals surface area contributed by atoms with E-state index in [1.807, 2.05) is 0 Å². The number of nitrogens with one attached hydrogen (secondary N) is 1. The van der Waals surface area contributed by atoms with E-state index in [2.05, 4.69) is 53.8 Å². The highest BCUT2D eigenvalue weighted by Crippen LogP contribution is 2.55. The predicted molar refractivity (Wildman–Crippen MR) is 110 cm³/mol. The number of amides is 1. The van der Waals surface area contributed by atoms with Gasteiger partial charge in [-0.2, -0.15) is 0 Å². The third kappa shape index (κ3) is 2.55. The summed E-state index contributed by atoms with van der Waals surface area (Å²) < 4.78 is 10.7. The molecule has 3 aliphatic carbocycles. The van der Waals surface area contributed by atoms with E-state index in [-0.39, 0.29) is 12.7 Å². The van der Waals surface area contributed by atoms with Crippen molar-refractivity contribution in [2.45, 2.75) is 18.3 Å². The number of ether oxygens (including phenoxy) is 2. The third-order valence-corrected chi connectivity index (χ3v) is 6.58. The topological polar surface area (TPSA) is 47.6 Å². The van der Waals surface area contributed by atoms with Crippen LogP contribution in [0, 0.1) is 5.92 Å². The molecule has 3 aromatic carbocycles. The maximum absolute atomic E-state index is 12.8. The first-order valence-corrected chi connectivity index (χ1v) is 10.1. The summed E-state index contributed by atoms with van der Waals surface area (Å²) in [5.74, 6) is 2.41. The second kappa shape index (κ2) is 6.38. The van der Waals surface area contributed by atoms with Gasteiger partial charge < -0.3 is 14.8 Å². The Morgan fingerprint density at radius 2 is 1.52 bits per heavy atom. The third-order valence-electron chi connectivity index (χ3n) is 6.58. The Balaban J connectivity index is 1.26. The Morgan fingerprint density at radius 3 is 2.24 bits per heavy atom. The molecule has 3 aromatic rings. The Bertz CT molecular complexity index is 1080. The van der Waals surface area contributed by atoms with E-state index in [0.717, 1.165) is 6.42 Å². The van der Waals surface area contributed by atoms with Crippen LogP contribution < -0.4 is 14.8 Å². The first kappa shape index (κ1) is 16.7. The lowest BCUT2D eigenvalue weighted by molar-refractivity contribution is 0.0942. The predicted octanol–water partition coefficient (Wildman–Crippen LogP) is 4.44. The zero-order chi connectivity index (χ0) is 19.4. The van der Waals surface area contributed by atoms with Gasteiger partial charge in [0.05, 0.1) is 0 Å². The highest BCUT2D eigenvalue weighted by Gasteiger charge is 2.42. The van der Waals surface area contributed by atoms with Crippen molar-refractivity contribution in [2.75, 3.05) is 13.3 Å². The van der Waals surface area contributed by atoms with Crippen molar-refractivity contribution in [3.05, 3.63) is 94.5 Å². The van der Waals surface area contributed by atoms with Gasteiger partial charge in [0.2, 0.25) is 6.79 Å². The van der Waals surface area contributed by atoms with E-state index in [9.17, 15) is 4.79 Å². The molecule has 0 radical (unpaired) electrons. The molecule has 1 aliphatic heterocycles. The van der Waals surface area contributed by atoms with Crippen molar-refractivity contribution >= 4 is 5.91 Å². The molecule has 0 saturated heterocycles. The van der Waals surface area contributed by atoms with Gasteiger partial charge in [-0.15, -0.1) is 0 Å². The van der Waals surface area contributed by atoms with Crippen LogP contribution in [0.4, 0.5) is 0 Å². The van der Waals surface area contributed by atoms with E-state index in [1.165, 1.54) is 22.3 Å². The summed E-state index contributed by atoms with van der Waals surface area (Å²) >= 11 is 0. The molecule has 1 amide bonds. The summed E-state index contributed by atoms with van der Waals surface area (Å²) in [5, 5.41) is 3.17. The molecule has 0 aromatic heterocycles. The number of carbonyl (C=O) groups is 1. The summed E-state index contributed by atoms with van der Waals surface area (Å²) in [4.78, 5) is 12.8. The van der Waals surface area contributed by atoms with E-state index in [0.29, 0.717) is 41.4 Å². The minimum absolute atomic E-state index is 0.0636. The molecule has 144 valence electrons. The molecular weight excluding hydrogens is 362 g/mol. The van der Waals surface area contributed by atoms with Gasteiger partial charge in [-0.3, -0.25) is 4.79 Å². The SMILES string of the molecule is O=C(NCC1CC2c3ccccc3C1c1ccccc12)c1ccc2c(c1)OCO2. The molecular formula is C25H21NO3. The molecule has 0 saturated carbocycles. The molecule has 2 bridgehead atoms. The quantitative estimate of drug-likeness (QED) is 0.727. The molecule has 4 heteroatoms. The number of hydrogen-bond acceptors (Lipinski definition) is 3. The molecule has 0 fully saturated rings. The Labute approximate surface area is 169 Å².